The zero-order valence-electron chi connectivity index (χ0n) is 18.5. The van der Waals surface area contributed by atoms with Crippen molar-refractivity contribution in [1.82, 2.24) is 19.6 Å². The Kier molecular flexibility index (Phi) is 4.89. The highest BCUT2D eigenvalue weighted by molar-refractivity contribution is 5.94. The number of carbonyl (C=O) groups is 1. The van der Waals surface area contributed by atoms with Gasteiger partial charge in [-0.1, -0.05) is 35.9 Å². The van der Waals surface area contributed by atoms with E-state index in [0.717, 1.165) is 40.9 Å². The van der Waals surface area contributed by atoms with Crippen molar-refractivity contribution < 1.29 is 4.79 Å². The summed E-state index contributed by atoms with van der Waals surface area (Å²) in [5, 5.41) is 9.62. The van der Waals surface area contributed by atoms with Crippen LogP contribution in [0.5, 0.6) is 0 Å². The average Bonchev–Trinajstić information content (AvgIpc) is 3.22. The second-order valence-corrected chi connectivity index (χ2v) is 8.43. The van der Waals surface area contributed by atoms with Crippen LogP contribution in [0.1, 0.15) is 28.8 Å². The zero-order chi connectivity index (χ0) is 22.4. The Bertz CT molecular complexity index is 1420. The van der Waals surface area contributed by atoms with Gasteiger partial charge in [-0.05, 0) is 56.9 Å². The van der Waals surface area contributed by atoms with Crippen molar-refractivity contribution in [2.24, 2.45) is 0 Å². The van der Waals surface area contributed by atoms with E-state index < -0.39 is 0 Å². The first-order chi connectivity index (χ1) is 15.4. The number of anilines is 1. The largest absolute Gasteiger partial charge is 0.311 e. The molecule has 1 aliphatic rings. The number of carbonyl (C=O) groups excluding carboxylic acids is 1. The van der Waals surface area contributed by atoms with Gasteiger partial charge in [-0.3, -0.25) is 9.59 Å². The van der Waals surface area contributed by atoms with Crippen LogP contribution >= 0.6 is 0 Å². The third kappa shape index (κ3) is 3.30. The quantitative estimate of drug-likeness (QED) is 0.502. The Morgan fingerprint density at radius 2 is 1.88 bits per heavy atom. The van der Waals surface area contributed by atoms with E-state index in [0.29, 0.717) is 23.1 Å². The Labute approximate surface area is 185 Å². The molecule has 1 amide bonds. The number of rotatable bonds is 3. The molecule has 0 fully saturated rings. The summed E-state index contributed by atoms with van der Waals surface area (Å²) in [6.07, 6.45) is 3.53. The molecule has 0 spiro atoms. The Morgan fingerprint density at radius 1 is 1.06 bits per heavy atom. The highest BCUT2D eigenvalue weighted by Crippen LogP contribution is 2.27. The van der Waals surface area contributed by atoms with Crippen molar-refractivity contribution in [3.63, 3.8) is 0 Å². The molecule has 0 saturated heterocycles. The van der Waals surface area contributed by atoms with Gasteiger partial charge in [0.2, 0.25) is 5.91 Å². The lowest BCUT2D eigenvalue weighted by molar-refractivity contribution is -0.119. The lowest BCUT2D eigenvalue weighted by Gasteiger charge is -2.29. The Hall–Kier alpha value is -3.74. The number of hydrogen-bond acceptors (Lipinski definition) is 4. The van der Waals surface area contributed by atoms with Gasteiger partial charge >= 0.3 is 0 Å². The molecule has 2 aromatic heterocycles. The molecule has 7 nitrogen and oxygen atoms in total. The number of amides is 1. The molecule has 0 aliphatic carbocycles. The van der Waals surface area contributed by atoms with Crippen molar-refractivity contribution in [3.05, 3.63) is 81.4 Å². The van der Waals surface area contributed by atoms with E-state index in [4.69, 9.17) is 0 Å². The maximum absolute atomic E-state index is 13.4. The van der Waals surface area contributed by atoms with Crippen LogP contribution in [-0.4, -0.2) is 32.0 Å². The molecule has 162 valence electrons. The molecule has 4 aromatic rings. The van der Waals surface area contributed by atoms with Crippen molar-refractivity contribution in [3.8, 4) is 5.69 Å². The van der Waals surface area contributed by atoms with E-state index in [1.807, 2.05) is 51.1 Å². The molecule has 0 atom stereocenters. The summed E-state index contributed by atoms with van der Waals surface area (Å²) < 4.78 is 2.94. The van der Waals surface area contributed by atoms with Crippen LogP contribution in [0.4, 0.5) is 5.69 Å². The van der Waals surface area contributed by atoms with Gasteiger partial charge in [-0.2, -0.15) is 10.2 Å². The topological polar surface area (TPSA) is 73.0 Å². The number of aryl methyl sites for hydroxylation is 4. The first-order valence-electron chi connectivity index (χ1n) is 10.9. The van der Waals surface area contributed by atoms with Gasteiger partial charge in [0.25, 0.3) is 5.56 Å². The van der Waals surface area contributed by atoms with Gasteiger partial charge in [0.05, 0.1) is 17.6 Å². The summed E-state index contributed by atoms with van der Waals surface area (Å²) in [4.78, 5) is 28.4. The highest BCUT2D eigenvalue weighted by Gasteiger charge is 2.24. The predicted molar refractivity (Wildman–Crippen MR) is 124 cm³/mol. The van der Waals surface area contributed by atoms with E-state index in [2.05, 4.69) is 22.3 Å². The fourth-order valence-electron chi connectivity index (χ4n) is 4.56. The molecule has 2 aromatic carbocycles. The van der Waals surface area contributed by atoms with E-state index >= 15 is 0 Å². The maximum atomic E-state index is 13.4. The molecule has 0 bridgehead atoms. The molecule has 0 unspecified atom stereocenters. The molecule has 5 rings (SSSR count). The number of aromatic nitrogens is 4. The number of hydrogen-bond donors (Lipinski definition) is 0. The number of nitrogens with zero attached hydrogens (tertiary/aromatic N) is 5. The van der Waals surface area contributed by atoms with Crippen LogP contribution < -0.4 is 10.5 Å². The summed E-state index contributed by atoms with van der Waals surface area (Å²) in [7, 11) is 0. The van der Waals surface area contributed by atoms with Crippen LogP contribution in [0, 0.1) is 20.8 Å². The summed E-state index contributed by atoms with van der Waals surface area (Å²) in [6.45, 7) is 6.41. The van der Waals surface area contributed by atoms with E-state index in [-0.39, 0.29) is 18.0 Å². The minimum Gasteiger partial charge on any atom is -0.311 e. The molecule has 7 heteroatoms. The lowest BCUT2D eigenvalue weighted by Crippen LogP contribution is -2.40. The normalized spacial score (nSPS) is 13.4. The Balaban J connectivity index is 1.57. The smallest absolute Gasteiger partial charge is 0.293 e. The van der Waals surface area contributed by atoms with Crippen molar-refractivity contribution >= 4 is 22.5 Å². The van der Waals surface area contributed by atoms with Crippen LogP contribution in [-0.2, 0) is 17.8 Å². The van der Waals surface area contributed by atoms with Gasteiger partial charge in [0.15, 0.2) is 0 Å². The van der Waals surface area contributed by atoms with E-state index in [9.17, 15) is 9.59 Å². The van der Waals surface area contributed by atoms with Gasteiger partial charge in [-0.15, -0.1) is 0 Å². The summed E-state index contributed by atoms with van der Waals surface area (Å²) in [6, 6.07) is 14.0. The predicted octanol–water partition coefficient (Wildman–Crippen LogP) is 3.49. The van der Waals surface area contributed by atoms with Crippen molar-refractivity contribution in [2.75, 3.05) is 11.4 Å². The molecule has 0 N–H and O–H groups in total. The van der Waals surface area contributed by atoms with Gasteiger partial charge in [-0.25, -0.2) is 9.36 Å². The minimum absolute atomic E-state index is 0.109. The van der Waals surface area contributed by atoms with Crippen LogP contribution in [0.15, 0.2) is 53.5 Å². The molecule has 0 saturated carbocycles. The molecule has 1 aliphatic heterocycles. The summed E-state index contributed by atoms with van der Waals surface area (Å²) >= 11 is 0. The third-order valence-corrected chi connectivity index (χ3v) is 6.14. The zero-order valence-corrected chi connectivity index (χ0v) is 18.5. The summed E-state index contributed by atoms with van der Waals surface area (Å²) in [5.74, 6) is -0.136. The maximum Gasteiger partial charge on any atom is 0.293 e. The number of para-hydroxylation sites is 1. The molecular weight excluding hydrogens is 402 g/mol. The molecule has 32 heavy (non-hydrogen) atoms. The van der Waals surface area contributed by atoms with Gasteiger partial charge < -0.3 is 4.90 Å². The molecule has 0 radical (unpaired) electrons. The van der Waals surface area contributed by atoms with Crippen molar-refractivity contribution in [2.45, 2.75) is 40.2 Å². The molecular formula is C25H25N5O2. The van der Waals surface area contributed by atoms with Gasteiger partial charge in [0, 0.05) is 17.6 Å². The van der Waals surface area contributed by atoms with Crippen LogP contribution in [0.25, 0.3) is 16.6 Å². The van der Waals surface area contributed by atoms with Gasteiger partial charge in [0.1, 0.15) is 12.1 Å². The Morgan fingerprint density at radius 3 is 2.69 bits per heavy atom. The minimum atomic E-state index is -0.318. The van der Waals surface area contributed by atoms with Crippen LogP contribution in [0.3, 0.4) is 0 Å². The lowest BCUT2D eigenvalue weighted by atomic mass is 10.0. The highest BCUT2D eigenvalue weighted by atomic mass is 16.2. The SMILES string of the molecule is Cc1ccc(-n2ncc3c(C)nn(CC(=O)N4CCCc5ccccc54)c(=O)c32)c(C)c1. The number of fused-ring (bicyclic) bond motifs is 2. The average molecular weight is 428 g/mol. The monoisotopic (exact) mass is 427 g/mol. The van der Waals surface area contributed by atoms with E-state index in [1.54, 1.807) is 15.8 Å². The fourth-order valence-corrected chi connectivity index (χ4v) is 4.56. The fraction of sp³-hybridized carbons (Fsp3) is 0.280. The standard InChI is InChI=1S/C25H25N5O2/c1-16-10-11-21(17(2)13-16)30-24-20(14-26-30)18(3)27-29(25(24)32)15-23(31)28-12-6-8-19-7-4-5-9-22(19)28/h4-5,7,9-11,13-14H,6,8,12,15H2,1-3H3. The second-order valence-electron chi connectivity index (χ2n) is 8.43. The second kappa shape index (κ2) is 7.75. The number of benzene rings is 2. The van der Waals surface area contributed by atoms with Crippen LogP contribution in [0.2, 0.25) is 0 Å². The van der Waals surface area contributed by atoms with E-state index in [1.165, 1.54) is 4.68 Å². The van der Waals surface area contributed by atoms with Crippen molar-refractivity contribution in [1.29, 1.82) is 0 Å². The first-order valence-corrected chi connectivity index (χ1v) is 10.9. The first kappa shape index (κ1) is 20.2. The summed E-state index contributed by atoms with van der Waals surface area (Å²) in [5.41, 5.74) is 5.89. The third-order valence-electron chi connectivity index (χ3n) is 6.14. The molecule has 3 heterocycles.